The van der Waals surface area contributed by atoms with E-state index in [1.807, 2.05) is 6.07 Å². The van der Waals surface area contributed by atoms with Gasteiger partial charge in [0.15, 0.2) is 11.2 Å². The third-order valence-corrected chi connectivity index (χ3v) is 6.53. The molecule has 0 bridgehead atoms. The molecule has 1 amide bonds. The Morgan fingerprint density at radius 2 is 1.93 bits per heavy atom. The topological polar surface area (TPSA) is 62.6 Å². The van der Waals surface area contributed by atoms with Gasteiger partial charge in [-0.3, -0.25) is 14.5 Å². The highest BCUT2D eigenvalue weighted by Gasteiger charge is 2.24. The minimum Gasteiger partial charge on any atom is -0.451 e. The highest BCUT2D eigenvalue weighted by Crippen LogP contribution is 2.27. The Labute approximate surface area is 190 Å². The lowest BCUT2D eigenvalue weighted by Crippen LogP contribution is -2.38. The molecule has 5 nitrogen and oxygen atoms in total. The van der Waals surface area contributed by atoms with Crippen LogP contribution in [0.5, 0.6) is 0 Å². The molecule has 8 heteroatoms. The summed E-state index contributed by atoms with van der Waals surface area (Å²) in [6.45, 7) is 2.54. The molecule has 3 aromatic rings. The molecular formula is C22H24Cl2N2O3S. The number of rotatable bonds is 5. The zero-order chi connectivity index (χ0) is 20.2. The molecule has 1 aliphatic heterocycles. The summed E-state index contributed by atoms with van der Waals surface area (Å²) in [5.74, 6) is -0.360. The van der Waals surface area contributed by atoms with E-state index < -0.39 is 0 Å². The van der Waals surface area contributed by atoms with E-state index in [0.29, 0.717) is 22.5 Å². The van der Waals surface area contributed by atoms with Crippen LogP contribution in [0.3, 0.4) is 0 Å². The Morgan fingerprint density at radius 3 is 2.63 bits per heavy atom. The van der Waals surface area contributed by atoms with E-state index in [0.717, 1.165) is 13.1 Å². The molecule has 1 aliphatic rings. The van der Waals surface area contributed by atoms with Crippen LogP contribution in [0.4, 0.5) is 0 Å². The van der Waals surface area contributed by atoms with E-state index in [1.165, 1.54) is 36.6 Å². The Kier molecular flexibility index (Phi) is 7.94. The van der Waals surface area contributed by atoms with Gasteiger partial charge in [0.05, 0.1) is 11.4 Å². The van der Waals surface area contributed by atoms with Crippen LogP contribution in [0, 0.1) is 0 Å². The maximum atomic E-state index is 12.7. The van der Waals surface area contributed by atoms with E-state index >= 15 is 0 Å². The third-order valence-electron chi connectivity index (χ3n) is 5.32. The molecule has 2 aromatic heterocycles. The number of fused-ring (bicyclic) bond motifs is 1. The van der Waals surface area contributed by atoms with E-state index in [9.17, 15) is 9.59 Å². The molecule has 160 valence electrons. The second-order valence-corrected chi connectivity index (χ2v) is 8.72. The van der Waals surface area contributed by atoms with Crippen molar-refractivity contribution in [3.05, 3.63) is 67.7 Å². The van der Waals surface area contributed by atoms with Gasteiger partial charge in [0.25, 0.3) is 5.91 Å². The zero-order valence-corrected chi connectivity index (χ0v) is 18.8. The van der Waals surface area contributed by atoms with Gasteiger partial charge in [-0.25, -0.2) is 0 Å². The number of carbonyl (C=O) groups is 1. The molecule has 1 unspecified atom stereocenters. The second kappa shape index (κ2) is 10.4. The molecule has 30 heavy (non-hydrogen) atoms. The van der Waals surface area contributed by atoms with Gasteiger partial charge in [0.1, 0.15) is 5.58 Å². The summed E-state index contributed by atoms with van der Waals surface area (Å²) in [6.07, 6.45) is 4.87. The van der Waals surface area contributed by atoms with Crippen LogP contribution in [-0.2, 0) is 0 Å². The van der Waals surface area contributed by atoms with Crippen molar-refractivity contribution in [1.29, 1.82) is 0 Å². The van der Waals surface area contributed by atoms with Crippen molar-refractivity contribution in [2.45, 2.75) is 31.7 Å². The van der Waals surface area contributed by atoms with Gasteiger partial charge in [-0.2, -0.15) is 0 Å². The first-order valence-corrected chi connectivity index (χ1v) is 11.2. The van der Waals surface area contributed by atoms with Crippen LogP contribution in [-0.4, -0.2) is 30.4 Å². The first-order chi connectivity index (χ1) is 14.1. The molecule has 0 aliphatic carbocycles. The SMILES string of the molecule is Cl.O=C(NCC(c1cccs1)N1CCCCCC1)c1cc(=O)c2cc(Cl)ccc2o1. The zero-order valence-electron chi connectivity index (χ0n) is 16.4. The molecule has 4 rings (SSSR count). The molecule has 0 radical (unpaired) electrons. The van der Waals surface area contributed by atoms with Crippen molar-refractivity contribution in [1.82, 2.24) is 10.2 Å². The summed E-state index contributed by atoms with van der Waals surface area (Å²) in [7, 11) is 0. The van der Waals surface area contributed by atoms with Crippen LogP contribution < -0.4 is 10.7 Å². The maximum Gasteiger partial charge on any atom is 0.287 e. The first kappa shape index (κ1) is 22.8. The molecule has 1 N–H and O–H groups in total. The van der Waals surface area contributed by atoms with Crippen LogP contribution in [0.1, 0.15) is 47.2 Å². The fourth-order valence-electron chi connectivity index (χ4n) is 3.81. The van der Waals surface area contributed by atoms with Gasteiger partial charge in [-0.1, -0.05) is 30.5 Å². The van der Waals surface area contributed by atoms with Gasteiger partial charge in [0.2, 0.25) is 0 Å². The highest BCUT2D eigenvalue weighted by molar-refractivity contribution is 7.10. The number of nitrogens with zero attached hydrogens (tertiary/aromatic N) is 1. The normalized spacial score (nSPS) is 15.9. The molecule has 0 saturated carbocycles. The minimum absolute atomic E-state index is 0. The van der Waals surface area contributed by atoms with Crippen molar-refractivity contribution in [3.63, 3.8) is 0 Å². The van der Waals surface area contributed by atoms with Crippen molar-refractivity contribution in [3.8, 4) is 0 Å². The molecule has 1 aromatic carbocycles. The third kappa shape index (κ3) is 5.24. The number of hydrogen-bond donors (Lipinski definition) is 1. The lowest BCUT2D eigenvalue weighted by molar-refractivity contribution is 0.0907. The van der Waals surface area contributed by atoms with Gasteiger partial charge in [0, 0.05) is 22.5 Å². The fourth-order valence-corrected chi connectivity index (χ4v) is 4.85. The fraction of sp³-hybridized carbons (Fsp3) is 0.364. The molecule has 3 heterocycles. The van der Waals surface area contributed by atoms with E-state index in [1.54, 1.807) is 29.5 Å². The molecule has 1 saturated heterocycles. The lowest BCUT2D eigenvalue weighted by atomic mass is 10.1. The summed E-state index contributed by atoms with van der Waals surface area (Å²) >= 11 is 7.65. The Morgan fingerprint density at radius 1 is 1.17 bits per heavy atom. The number of thiophene rings is 1. The molecular weight excluding hydrogens is 443 g/mol. The molecule has 1 fully saturated rings. The van der Waals surface area contributed by atoms with Crippen LogP contribution in [0.2, 0.25) is 5.02 Å². The van der Waals surface area contributed by atoms with Gasteiger partial charge < -0.3 is 9.73 Å². The van der Waals surface area contributed by atoms with E-state index in [4.69, 9.17) is 16.0 Å². The number of amides is 1. The summed E-state index contributed by atoms with van der Waals surface area (Å²) < 4.78 is 5.67. The van der Waals surface area contributed by atoms with Gasteiger partial charge in [-0.05, 0) is 55.6 Å². The second-order valence-electron chi connectivity index (χ2n) is 7.31. The predicted molar refractivity (Wildman–Crippen MR) is 124 cm³/mol. The largest absolute Gasteiger partial charge is 0.451 e. The summed E-state index contributed by atoms with van der Waals surface area (Å²) in [6, 6.07) is 10.3. The van der Waals surface area contributed by atoms with Crippen molar-refractivity contribution < 1.29 is 9.21 Å². The van der Waals surface area contributed by atoms with Crippen molar-refractivity contribution in [2.24, 2.45) is 0 Å². The predicted octanol–water partition coefficient (Wildman–Crippen LogP) is 5.28. The standard InChI is InChI=1S/C22H23ClN2O3S.ClH/c23-15-7-8-19-16(12-15)18(26)13-20(28-19)22(27)24-14-17(21-6-5-11-29-21)25-9-3-1-2-4-10-25;/h5-8,11-13,17H,1-4,9-10,14H2,(H,24,27);1H. The Bertz CT molecular complexity index is 1040. The minimum atomic E-state index is -0.379. The van der Waals surface area contributed by atoms with Crippen molar-refractivity contribution in [2.75, 3.05) is 19.6 Å². The number of halogens is 2. The Hall–Kier alpha value is -1.86. The van der Waals surface area contributed by atoms with E-state index in [2.05, 4.69) is 21.7 Å². The number of carbonyl (C=O) groups excluding carboxylic acids is 1. The smallest absolute Gasteiger partial charge is 0.287 e. The number of benzene rings is 1. The summed E-state index contributed by atoms with van der Waals surface area (Å²) in [5.41, 5.74) is 0.0793. The van der Waals surface area contributed by atoms with E-state index in [-0.39, 0.29) is 35.5 Å². The van der Waals surface area contributed by atoms with Crippen LogP contribution >= 0.6 is 35.3 Å². The monoisotopic (exact) mass is 466 g/mol. The Balaban J connectivity index is 0.00000256. The maximum absolute atomic E-state index is 12.7. The first-order valence-electron chi connectivity index (χ1n) is 9.91. The van der Waals surface area contributed by atoms with Gasteiger partial charge in [-0.15, -0.1) is 23.7 Å². The highest BCUT2D eigenvalue weighted by atomic mass is 35.5. The lowest BCUT2D eigenvalue weighted by Gasteiger charge is -2.30. The summed E-state index contributed by atoms with van der Waals surface area (Å²) in [5, 5.41) is 5.87. The van der Waals surface area contributed by atoms with Crippen LogP contribution in [0.15, 0.2) is 51.0 Å². The average molecular weight is 467 g/mol. The molecule has 1 atom stereocenters. The quantitative estimate of drug-likeness (QED) is 0.555. The van der Waals surface area contributed by atoms with Gasteiger partial charge >= 0.3 is 0 Å². The molecule has 0 spiro atoms. The number of hydrogen-bond acceptors (Lipinski definition) is 5. The summed E-state index contributed by atoms with van der Waals surface area (Å²) in [4.78, 5) is 28.8. The average Bonchev–Trinajstić information content (AvgIpc) is 3.11. The number of nitrogens with one attached hydrogen (secondary N) is 1. The van der Waals surface area contributed by atoms with Crippen LogP contribution in [0.25, 0.3) is 11.0 Å². The number of likely N-dealkylation sites (tertiary alicyclic amines) is 1. The van der Waals surface area contributed by atoms with Crippen molar-refractivity contribution >= 4 is 52.2 Å².